The molecule has 2 aromatic heterocycles. The maximum atomic E-state index is 5.95. The number of pyridine rings is 2. The molecule has 0 amide bonds. The highest BCUT2D eigenvalue weighted by Crippen LogP contribution is 2.29. The van der Waals surface area contributed by atoms with E-state index in [1.165, 1.54) is 0 Å². The number of nitrogens with two attached hydrogens (primary N) is 1. The van der Waals surface area contributed by atoms with Gasteiger partial charge in [0.05, 0.1) is 24.0 Å². The van der Waals surface area contributed by atoms with E-state index < -0.39 is 0 Å². The van der Waals surface area contributed by atoms with Gasteiger partial charge in [0.1, 0.15) is 0 Å². The van der Waals surface area contributed by atoms with Gasteiger partial charge in [0.2, 0.25) is 5.88 Å². The van der Waals surface area contributed by atoms with Crippen molar-refractivity contribution in [1.82, 2.24) is 9.97 Å². The third kappa shape index (κ3) is 2.75. The summed E-state index contributed by atoms with van der Waals surface area (Å²) in [6.07, 6.45) is 1.76. The minimum absolute atomic E-state index is 0.502. The normalized spacial score (nSPS) is 10.6. The van der Waals surface area contributed by atoms with Crippen molar-refractivity contribution in [1.29, 1.82) is 0 Å². The Bertz CT molecular complexity index is 807. The summed E-state index contributed by atoms with van der Waals surface area (Å²) in [6, 6.07) is 11.4. The zero-order valence-electron chi connectivity index (χ0n) is 11.3. The zero-order valence-corrected chi connectivity index (χ0v) is 12.9. The Balaban J connectivity index is 2.06. The van der Waals surface area contributed by atoms with Gasteiger partial charge in [-0.3, -0.25) is 4.98 Å². The first-order chi connectivity index (χ1) is 10.2. The molecule has 5 nitrogen and oxygen atoms in total. The van der Waals surface area contributed by atoms with E-state index in [2.05, 4.69) is 31.2 Å². The van der Waals surface area contributed by atoms with Gasteiger partial charge in [0.25, 0.3) is 0 Å². The number of benzene rings is 1. The topological polar surface area (TPSA) is 73.1 Å². The largest absolute Gasteiger partial charge is 0.481 e. The number of aromatic nitrogens is 2. The Kier molecular flexibility index (Phi) is 3.62. The number of anilines is 3. The van der Waals surface area contributed by atoms with Gasteiger partial charge in [-0.25, -0.2) is 0 Å². The van der Waals surface area contributed by atoms with E-state index in [-0.39, 0.29) is 0 Å². The lowest BCUT2D eigenvalue weighted by atomic mass is 10.2. The summed E-state index contributed by atoms with van der Waals surface area (Å²) in [5.74, 6) is 1.05. The minimum Gasteiger partial charge on any atom is -0.481 e. The predicted molar refractivity (Wildman–Crippen MR) is 87.9 cm³/mol. The molecule has 0 fully saturated rings. The highest BCUT2D eigenvalue weighted by atomic mass is 79.9. The first-order valence-corrected chi connectivity index (χ1v) is 7.08. The number of para-hydroxylation sites is 1. The third-order valence-electron chi connectivity index (χ3n) is 3.04. The Morgan fingerprint density at radius 1 is 1.24 bits per heavy atom. The van der Waals surface area contributed by atoms with Crippen LogP contribution >= 0.6 is 15.9 Å². The van der Waals surface area contributed by atoms with Gasteiger partial charge < -0.3 is 15.8 Å². The lowest BCUT2D eigenvalue weighted by Crippen LogP contribution is -2.01. The van der Waals surface area contributed by atoms with E-state index >= 15 is 0 Å². The smallest absolute Gasteiger partial charge is 0.215 e. The Hall–Kier alpha value is -2.34. The standard InChI is InChI=1S/C15H13BrN4O/c1-21-13-6-5-11(17)15(20-13)19-12-4-2-3-9-7-10(16)8-18-14(9)12/h2-8H,17H2,1H3,(H,19,20). The molecular weight excluding hydrogens is 332 g/mol. The van der Waals surface area contributed by atoms with Crippen molar-refractivity contribution >= 4 is 44.0 Å². The molecular formula is C15H13BrN4O. The van der Waals surface area contributed by atoms with Crippen molar-refractivity contribution in [3.63, 3.8) is 0 Å². The van der Waals surface area contributed by atoms with Crippen LogP contribution in [0.1, 0.15) is 0 Å². The number of nitrogen functional groups attached to an aromatic ring is 1. The number of methoxy groups -OCH3 is 1. The molecule has 0 radical (unpaired) electrons. The summed E-state index contributed by atoms with van der Waals surface area (Å²) >= 11 is 3.42. The molecule has 0 aliphatic carbocycles. The fourth-order valence-corrected chi connectivity index (χ4v) is 2.38. The van der Waals surface area contributed by atoms with Crippen LogP contribution in [0.3, 0.4) is 0 Å². The minimum atomic E-state index is 0.502. The Labute approximate surface area is 130 Å². The molecule has 0 aliphatic rings. The zero-order chi connectivity index (χ0) is 14.8. The lowest BCUT2D eigenvalue weighted by Gasteiger charge is -2.11. The number of fused-ring (bicyclic) bond motifs is 1. The van der Waals surface area contributed by atoms with Crippen LogP contribution in [0.25, 0.3) is 10.9 Å². The maximum Gasteiger partial charge on any atom is 0.215 e. The van der Waals surface area contributed by atoms with Crippen molar-refractivity contribution < 1.29 is 4.74 Å². The summed E-state index contributed by atoms with van der Waals surface area (Å²) in [7, 11) is 1.57. The molecule has 106 valence electrons. The number of halogens is 1. The monoisotopic (exact) mass is 344 g/mol. The second-order valence-electron chi connectivity index (χ2n) is 4.45. The summed E-state index contributed by atoms with van der Waals surface area (Å²) in [5.41, 5.74) is 8.19. The number of hydrogen-bond acceptors (Lipinski definition) is 5. The van der Waals surface area contributed by atoms with Crippen LogP contribution in [0.2, 0.25) is 0 Å². The molecule has 0 aliphatic heterocycles. The molecule has 2 heterocycles. The predicted octanol–water partition coefficient (Wildman–Crippen LogP) is 3.73. The van der Waals surface area contributed by atoms with Crippen molar-refractivity contribution in [3.05, 3.63) is 47.1 Å². The molecule has 1 aromatic carbocycles. The molecule has 0 bridgehead atoms. The molecule has 6 heteroatoms. The van der Waals surface area contributed by atoms with Crippen molar-refractivity contribution in [2.24, 2.45) is 0 Å². The number of rotatable bonds is 3. The van der Waals surface area contributed by atoms with Crippen LogP contribution in [0.4, 0.5) is 17.2 Å². The molecule has 0 unspecified atom stereocenters. The van der Waals surface area contributed by atoms with Crippen molar-refractivity contribution in [2.75, 3.05) is 18.2 Å². The van der Waals surface area contributed by atoms with E-state index in [1.54, 1.807) is 25.4 Å². The molecule has 0 atom stereocenters. The first kappa shape index (κ1) is 13.6. The number of nitrogens with zero attached hydrogens (tertiary/aromatic N) is 2. The lowest BCUT2D eigenvalue weighted by molar-refractivity contribution is 0.398. The number of hydrogen-bond donors (Lipinski definition) is 2. The third-order valence-corrected chi connectivity index (χ3v) is 3.47. The Morgan fingerprint density at radius 2 is 2.10 bits per heavy atom. The van der Waals surface area contributed by atoms with Gasteiger partial charge in [-0.05, 0) is 34.1 Å². The maximum absolute atomic E-state index is 5.95. The quantitative estimate of drug-likeness (QED) is 0.757. The second-order valence-corrected chi connectivity index (χ2v) is 5.36. The fourth-order valence-electron chi connectivity index (χ4n) is 2.03. The second kappa shape index (κ2) is 5.57. The van der Waals surface area contributed by atoms with Crippen molar-refractivity contribution in [3.8, 4) is 5.88 Å². The Morgan fingerprint density at radius 3 is 2.90 bits per heavy atom. The van der Waals surface area contributed by atoms with Crippen LogP contribution < -0.4 is 15.8 Å². The molecule has 3 rings (SSSR count). The van der Waals surface area contributed by atoms with Crippen LogP contribution in [0.15, 0.2) is 47.1 Å². The van der Waals surface area contributed by atoms with Gasteiger partial charge in [0, 0.05) is 22.1 Å². The van der Waals surface area contributed by atoms with Gasteiger partial charge in [-0.2, -0.15) is 4.98 Å². The average Bonchev–Trinajstić information content (AvgIpc) is 2.49. The van der Waals surface area contributed by atoms with E-state index in [0.717, 1.165) is 21.1 Å². The van der Waals surface area contributed by atoms with E-state index in [9.17, 15) is 0 Å². The van der Waals surface area contributed by atoms with Crippen molar-refractivity contribution in [2.45, 2.75) is 0 Å². The van der Waals surface area contributed by atoms with Crippen LogP contribution in [-0.2, 0) is 0 Å². The molecule has 3 N–H and O–H groups in total. The van der Waals surface area contributed by atoms with Gasteiger partial charge in [-0.1, -0.05) is 12.1 Å². The summed E-state index contributed by atoms with van der Waals surface area (Å²) < 4.78 is 6.06. The van der Waals surface area contributed by atoms with Gasteiger partial charge in [-0.15, -0.1) is 0 Å². The molecule has 3 aromatic rings. The SMILES string of the molecule is COc1ccc(N)c(Nc2cccc3cc(Br)cnc23)n1. The number of ether oxygens (including phenoxy) is 1. The molecule has 0 spiro atoms. The van der Waals surface area contributed by atoms with E-state index in [0.29, 0.717) is 17.4 Å². The summed E-state index contributed by atoms with van der Waals surface area (Å²) in [6.45, 7) is 0. The van der Waals surface area contributed by atoms with E-state index in [1.807, 2.05) is 24.3 Å². The molecule has 0 saturated heterocycles. The summed E-state index contributed by atoms with van der Waals surface area (Å²) in [5, 5.41) is 4.24. The first-order valence-electron chi connectivity index (χ1n) is 6.29. The van der Waals surface area contributed by atoms with E-state index in [4.69, 9.17) is 10.5 Å². The average molecular weight is 345 g/mol. The summed E-state index contributed by atoms with van der Waals surface area (Å²) in [4.78, 5) is 8.75. The van der Waals surface area contributed by atoms with Crippen LogP contribution in [0.5, 0.6) is 5.88 Å². The van der Waals surface area contributed by atoms with Gasteiger partial charge in [0.15, 0.2) is 5.82 Å². The van der Waals surface area contributed by atoms with Crippen LogP contribution in [0, 0.1) is 0 Å². The number of nitrogens with one attached hydrogen (secondary N) is 1. The van der Waals surface area contributed by atoms with Gasteiger partial charge >= 0.3 is 0 Å². The highest BCUT2D eigenvalue weighted by Gasteiger charge is 2.07. The molecule has 21 heavy (non-hydrogen) atoms. The highest BCUT2D eigenvalue weighted by molar-refractivity contribution is 9.10. The fraction of sp³-hybridized carbons (Fsp3) is 0.0667. The molecule has 0 saturated carbocycles. The van der Waals surface area contributed by atoms with Crippen LogP contribution in [-0.4, -0.2) is 17.1 Å².